The van der Waals surface area contributed by atoms with Crippen LogP contribution in [-0.2, 0) is 12.8 Å². The van der Waals surface area contributed by atoms with E-state index in [-0.39, 0.29) is 17.8 Å². The molecule has 0 spiro atoms. The van der Waals surface area contributed by atoms with E-state index in [0.717, 1.165) is 48.4 Å². The van der Waals surface area contributed by atoms with Gasteiger partial charge in [-0.05, 0) is 91.6 Å². The smallest absolute Gasteiger partial charge is 0.406 e. The first-order valence-electron chi connectivity index (χ1n) is 11.8. The zero-order chi connectivity index (χ0) is 24.4. The summed E-state index contributed by atoms with van der Waals surface area (Å²) in [6.07, 6.45) is -0.773. The Kier molecular flexibility index (Phi) is 6.95. The van der Waals surface area contributed by atoms with Crippen molar-refractivity contribution < 1.29 is 23.0 Å². The van der Waals surface area contributed by atoms with Crippen molar-refractivity contribution in [1.29, 1.82) is 0 Å². The molecule has 1 unspecified atom stereocenters. The third-order valence-electron chi connectivity index (χ3n) is 6.70. The van der Waals surface area contributed by atoms with Gasteiger partial charge in [0, 0.05) is 22.3 Å². The normalized spacial score (nSPS) is 22.2. The number of hydrogen-bond acceptors (Lipinski definition) is 5. The van der Waals surface area contributed by atoms with Crippen LogP contribution >= 0.6 is 11.9 Å². The summed E-state index contributed by atoms with van der Waals surface area (Å²) in [6.45, 7) is 0. The molecule has 184 valence electrons. The molecular weight excluding hydrogens is 473 g/mol. The van der Waals surface area contributed by atoms with Crippen LogP contribution in [0, 0.1) is 0 Å². The third kappa shape index (κ3) is 5.44. The van der Waals surface area contributed by atoms with E-state index in [1.807, 2.05) is 12.1 Å². The first-order chi connectivity index (χ1) is 16.9. The SMILES string of the molecule is O[C@H]1C(N2c3ccccc3CCc3ccccc32)CCC[C@@H]1NSc1ccc(OC(F)(F)F)cc1. The summed E-state index contributed by atoms with van der Waals surface area (Å²) < 4.78 is 44.5. The molecule has 0 bridgehead atoms. The molecule has 0 amide bonds. The van der Waals surface area contributed by atoms with Crippen molar-refractivity contribution >= 4 is 23.3 Å². The highest BCUT2D eigenvalue weighted by atomic mass is 32.2. The van der Waals surface area contributed by atoms with Gasteiger partial charge in [0.2, 0.25) is 0 Å². The van der Waals surface area contributed by atoms with Crippen LogP contribution in [0.15, 0.2) is 77.7 Å². The van der Waals surface area contributed by atoms with Gasteiger partial charge < -0.3 is 14.7 Å². The van der Waals surface area contributed by atoms with E-state index in [1.54, 1.807) is 12.1 Å². The number of para-hydroxylation sites is 2. The molecular formula is C27H27F3N2O2S. The highest BCUT2D eigenvalue weighted by Gasteiger charge is 2.38. The number of hydrogen-bond donors (Lipinski definition) is 2. The number of alkyl halides is 3. The van der Waals surface area contributed by atoms with Crippen LogP contribution in [0.1, 0.15) is 30.4 Å². The molecule has 8 heteroatoms. The maximum absolute atomic E-state index is 12.4. The first kappa shape index (κ1) is 24.0. The van der Waals surface area contributed by atoms with Gasteiger partial charge in [-0.3, -0.25) is 4.72 Å². The summed E-state index contributed by atoms with van der Waals surface area (Å²) in [6, 6.07) is 22.3. The Balaban J connectivity index is 1.34. The summed E-state index contributed by atoms with van der Waals surface area (Å²) in [5, 5.41) is 11.5. The fourth-order valence-electron chi connectivity index (χ4n) is 5.09. The molecule has 1 saturated carbocycles. The zero-order valence-electron chi connectivity index (χ0n) is 19.0. The van der Waals surface area contributed by atoms with Gasteiger partial charge >= 0.3 is 6.36 Å². The highest BCUT2D eigenvalue weighted by Crippen LogP contribution is 2.41. The predicted octanol–water partition coefficient (Wildman–Crippen LogP) is 6.40. The molecule has 3 aromatic rings. The zero-order valence-corrected chi connectivity index (χ0v) is 19.9. The lowest BCUT2D eigenvalue weighted by atomic mass is 9.86. The maximum Gasteiger partial charge on any atom is 0.573 e. The Bertz CT molecular complexity index is 1110. The van der Waals surface area contributed by atoms with Gasteiger partial charge in [-0.1, -0.05) is 36.4 Å². The van der Waals surface area contributed by atoms with Gasteiger partial charge in [-0.2, -0.15) is 0 Å². The molecule has 5 rings (SSSR count). The van der Waals surface area contributed by atoms with Crippen LogP contribution in [0.2, 0.25) is 0 Å². The summed E-state index contributed by atoms with van der Waals surface area (Å²) in [7, 11) is 0. The Morgan fingerprint density at radius 3 is 2.06 bits per heavy atom. The van der Waals surface area contributed by atoms with E-state index in [1.165, 1.54) is 35.2 Å². The van der Waals surface area contributed by atoms with Crippen molar-refractivity contribution in [3.8, 4) is 5.75 Å². The number of halogens is 3. The van der Waals surface area contributed by atoms with Gasteiger partial charge in [0.05, 0.1) is 12.1 Å². The summed E-state index contributed by atoms with van der Waals surface area (Å²) in [5.41, 5.74) is 4.85. The van der Waals surface area contributed by atoms with E-state index in [2.05, 4.69) is 50.8 Å². The topological polar surface area (TPSA) is 44.7 Å². The number of nitrogens with one attached hydrogen (secondary N) is 1. The standard InChI is InChI=1S/C27H27F3N2O2S/c28-27(29,30)34-20-14-16-21(17-15-20)35-31-22-8-5-11-25(26(22)33)32-23-9-3-1-6-18(23)12-13-19-7-2-4-10-24(19)32/h1-4,6-7,9-10,14-17,22,25-26,31,33H,5,8,11-13H2/t22-,25?,26+/m0/s1. The van der Waals surface area contributed by atoms with E-state index in [0.29, 0.717) is 0 Å². The number of rotatable bonds is 5. The summed E-state index contributed by atoms with van der Waals surface area (Å²) in [4.78, 5) is 3.07. The number of benzene rings is 3. The fourth-order valence-corrected chi connectivity index (χ4v) is 5.91. The van der Waals surface area contributed by atoms with Crippen molar-refractivity contribution in [2.75, 3.05) is 4.90 Å². The Labute approximate surface area is 207 Å². The molecule has 1 aliphatic carbocycles. The molecule has 2 N–H and O–H groups in total. The second-order valence-electron chi connectivity index (χ2n) is 8.96. The van der Waals surface area contributed by atoms with E-state index in [9.17, 15) is 18.3 Å². The van der Waals surface area contributed by atoms with E-state index in [4.69, 9.17) is 0 Å². The molecule has 0 saturated heterocycles. The third-order valence-corrected chi connectivity index (χ3v) is 7.63. The number of fused-ring (bicyclic) bond motifs is 2. The Hall–Kier alpha value is -2.68. The van der Waals surface area contributed by atoms with Crippen LogP contribution in [0.25, 0.3) is 0 Å². The van der Waals surface area contributed by atoms with Crippen LogP contribution < -0.4 is 14.4 Å². The molecule has 1 fully saturated rings. The minimum Gasteiger partial charge on any atom is -0.406 e. The summed E-state index contributed by atoms with van der Waals surface area (Å²) in [5.74, 6) is -0.252. The average molecular weight is 501 g/mol. The lowest BCUT2D eigenvalue weighted by Crippen LogP contribution is -2.53. The van der Waals surface area contributed by atoms with E-state index < -0.39 is 12.5 Å². The number of nitrogens with zero attached hydrogens (tertiary/aromatic N) is 1. The van der Waals surface area contributed by atoms with Crippen molar-refractivity contribution in [2.45, 2.75) is 61.5 Å². The average Bonchev–Trinajstić information content (AvgIpc) is 3.01. The first-order valence-corrected chi connectivity index (χ1v) is 12.6. The predicted molar refractivity (Wildman–Crippen MR) is 132 cm³/mol. The maximum atomic E-state index is 12.4. The van der Waals surface area contributed by atoms with Gasteiger partial charge in [0.25, 0.3) is 0 Å². The number of aliphatic hydroxyl groups excluding tert-OH is 1. The quantitative estimate of drug-likeness (QED) is 0.397. The van der Waals surface area contributed by atoms with Crippen molar-refractivity contribution in [1.82, 2.24) is 4.72 Å². The van der Waals surface area contributed by atoms with Crippen LogP contribution in [0.5, 0.6) is 5.75 Å². The fraction of sp³-hybridized carbons (Fsp3) is 0.333. The van der Waals surface area contributed by atoms with Crippen molar-refractivity contribution in [3.05, 3.63) is 83.9 Å². The number of anilines is 2. The van der Waals surface area contributed by atoms with Gasteiger partial charge in [-0.25, -0.2) is 0 Å². The molecule has 3 atom stereocenters. The lowest BCUT2D eigenvalue weighted by molar-refractivity contribution is -0.274. The van der Waals surface area contributed by atoms with Gasteiger partial charge in [0.1, 0.15) is 5.75 Å². The molecule has 35 heavy (non-hydrogen) atoms. The largest absolute Gasteiger partial charge is 0.573 e. The van der Waals surface area contributed by atoms with Crippen molar-refractivity contribution in [2.24, 2.45) is 0 Å². The van der Waals surface area contributed by atoms with Gasteiger partial charge in [-0.15, -0.1) is 13.2 Å². The lowest BCUT2D eigenvalue weighted by Gasteiger charge is -2.43. The van der Waals surface area contributed by atoms with Crippen LogP contribution in [-0.4, -0.2) is 29.7 Å². The monoisotopic (exact) mass is 500 g/mol. The number of aliphatic hydroxyl groups is 1. The Morgan fingerprint density at radius 1 is 0.857 bits per heavy atom. The highest BCUT2D eigenvalue weighted by molar-refractivity contribution is 7.97. The Morgan fingerprint density at radius 2 is 1.46 bits per heavy atom. The van der Waals surface area contributed by atoms with Crippen molar-refractivity contribution in [3.63, 3.8) is 0 Å². The second-order valence-corrected chi connectivity index (χ2v) is 9.87. The van der Waals surface area contributed by atoms with Gasteiger partial charge in [0.15, 0.2) is 0 Å². The minimum atomic E-state index is -4.71. The van der Waals surface area contributed by atoms with E-state index >= 15 is 0 Å². The summed E-state index contributed by atoms with van der Waals surface area (Å²) >= 11 is 1.32. The van der Waals surface area contributed by atoms with Crippen LogP contribution in [0.4, 0.5) is 24.5 Å². The molecule has 1 aliphatic heterocycles. The molecule has 0 aromatic heterocycles. The molecule has 2 aliphatic rings. The number of ether oxygens (including phenoxy) is 1. The minimum absolute atomic E-state index is 0.0928. The number of aryl methyl sites for hydroxylation is 2. The molecule has 4 nitrogen and oxygen atoms in total. The van der Waals surface area contributed by atoms with Crippen LogP contribution in [0.3, 0.4) is 0 Å². The molecule has 0 radical (unpaired) electrons. The second kappa shape index (κ2) is 10.1. The molecule has 1 heterocycles. The molecule has 3 aromatic carbocycles.